The van der Waals surface area contributed by atoms with Gasteiger partial charge in [-0.3, -0.25) is 4.40 Å². The maximum absolute atomic E-state index is 13.5. The zero-order valence-electron chi connectivity index (χ0n) is 23.2. The van der Waals surface area contributed by atoms with Crippen molar-refractivity contribution in [2.45, 2.75) is 23.8 Å². The number of carbonyl (C=O) groups excluding carboxylic acids is 1. The summed E-state index contributed by atoms with van der Waals surface area (Å²) in [4.78, 5) is 24.8. The maximum atomic E-state index is 13.5. The highest BCUT2D eigenvalue weighted by molar-refractivity contribution is 7.89. The van der Waals surface area contributed by atoms with E-state index in [4.69, 9.17) is 4.74 Å². The van der Waals surface area contributed by atoms with Crippen LogP contribution in [-0.2, 0) is 14.8 Å². The number of ether oxygens (including phenoxy) is 1. The second-order valence-corrected chi connectivity index (χ2v) is 13.5. The van der Waals surface area contributed by atoms with Crippen LogP contribution in [0.25, 0.3) is 16.3 Å². The fourth-order valence-electron chi connectivity index (χ4n) is 4.70. The molecule has 0 radical (unpaired) electrons. The van der Waals surface area contributed by atoms with Crippen LogP contribution in [0.3, 0.4) is 0 Å². The molecule has 2 saturated heterocycles. The fourth-order valence-corrected chi connectivity index (χ4v) is 6.79. The van der Waals surface area contributed by atoms with Crippen LogP contribution >= 0.6 is 11.3 Å². The summed E-state index contributed by atoms with van der Waals surface area (Å²) in [5.41, 5.74) is 0.434. The van der Waals surface area contributed by atoms with E-state index in [1.165, 1.54) is 6.20 Å². The third-order valence-corrected chi connectivity index (χ3v) is 9.58. The van der Waals surface area contributed by atoms with Gasteiger partial charge in [0.2, 0.25) is 10.0 Å². The van der Waals surface area contributed by atoms with Crippen molar-refractivity contribution in [3.05, 3.63) is 23.5 Å². The van der Waals surface area contributed by atoms with Crippen molar-refractivity contribution in [3.63, 3.8) is 0 Å². The van der Waals surface area contributed by atoms with Crippen LogP contribution in [0.4, 0.5) is 19.3 Å². The second-order valence-electron chi connectivity index (χ2n) is 10.8. The lowest BCUT2D eigenvalue weighted by Crippen LogP contribution is -2.59. The molecule has 2 amide bonds. The average molecular weight is 614 g/mol. The lowest BCUT2D eigenvalue weighted by molar-refractivity contribution is -0.0523. The topological polar surface area (TPSA) is 129 Å². The van der Waals surface area contributed by atoms with Crippen molar-refractivity contribution in [2.75, 3.05) is 78.5 Å². The van der Waals surface area contributed by atoms with Gasteiger partial charge in [0.1, 0.15) is 4.90 Å². The van der Waals surface area contributed by atoms with Gasteiger partial charge in [-0.25, -0.2) is 31.7 Å². The van der Waals surface area contributed by atoms with E-state index in [9.17, 15) is 22.0 Å². The van der Waals surface area contributed by atoms with Gasteiger partial charge in [-0.1, -0.05) is 11.3 Å². The number of urea groups is 1. The number of imidazole rings is 1. The molecule has 0 saturated carbocycles. The molecule has 0 bridgehead atoms. The van der Waals surface area contributed by atoms with E-state index in [1.54, 1.807) is 40.4 Å². The molecule has 2 aliphatic rings. The predicted molar refractivity (Wildman–Crippen MR) is 149 cm³/mol. The van der Waals surface area contributed by atoms with E-state index in [0.29, 0.717) is 55.3 Å². The summed E-state index contributed by atoms with van der Waals surface area (Å²) in [5, 5.41) is 7.13. The number of piperazine rings is 1. The first kappa shape index (κ1) is 29.5. The minimum atomic E-state index is -4.00. The van der Waals surface area contributed by atoms with Crippen LogP contribution in [0.1, 0.15) is 18.4 Å². The van der Waals surface area contributed by atoms with Crippen molar-refractivity contribution in [1.82, 2.24) is 39.0 Å². The summed E-state index contributed by atoms with van der Waals surface area (Å²) in [6, 6.07) is 1.52. The van der Waals surface area contributed by atoms with E-state index in [2.05, 4.69) is 19.9 Å². The molecular formula is C24H33F2N9O4S2. The van der Waals surface area contributed by atoms with Crippen LogP contribution < -0.4 is 9.62 Å². The van der Waals surface area contributed by atoms with Gasteiger partial charge in [-0.05, 0) is 27.1 Å². The molecule has 0 spiro atoms. The smallest absolute Gasteiger partial charge is 0.319 e. The van der Waals surface area contributed by atoms with Crippen molar-refractivity contribution < 1.29 is 26.7 Å². The molecule has 2 fully saturated rings. The van der Waals surface area contributed by atoms with E-state index in [-0.39, 0.29) is 35.0 Å². The Morgan fingerprint density at radius 1 is 1.17 bits per heavy atom. The SMILES string of the molecule is CN(C)CCN(C)C(=O)N1CCN(c2cc(S(=O)(=O)NC3(C)COC3)cn3c(-c4nnc(C(F)F)s4)ncc23)CC1. The molecular weight excluding hydrogens is 580 g/mol. The number of alkyl halides is 2. The van der Waals surface area contributed by atoms with Crippen LogP contribution in [0.2, 0.25) is 0 Å². The Kier molecular flexibility index (Phi) is 8.17. The van der Waals surface area contributed by atoms with Gasteiger partial charge < -0.3 is 24.3 Å². The largest absolute Gasteiger partial charge is 0.377 e. The molecule has 5 rings (SSSR count). The number of hydrogen-bond donors (Lipinski definition) is 1. The first-order valence-electron chi connectivity index (χ1n) is 13.0. The maximum Gasteiger partial charge on any atom is 0.319 e. The number of nitrogens with one attached hydrogen (secondary N) is 1. The zero-order valence-corrected chi connectivity index (χ0v) is 24.9. The van der Waals surface area contributed by atoms with Crippen molar-refractivity contribution >= 4 is 38.6 Å². The molecule has 2 aliphatic heterocycles. The first-order valence-corrected chi connectivity index (χ1v) is 15.3. The average Bonchev–Trinajstić information content (AvgIpc) is 3.57. The van der Waals surface area contributed by atoms with Crippen molar-refractivity contribution in [1.29, 1.82) is 0 Å². The van der Waals surface area contributed by atoms with E-state index in [1.807, 2.05) is 23.9 Å². The summed E-state index contributed by atoms with van der Waals surface area (Å²) >= 11 is 0.700. The highest BCUT2D eigenvalue weighted by atomic mass is 32.2. The molecule has 3 aromatic rings. The predicted octanol–water partition coefficient (Wildman–Crippen LogP) is 1.59. The highest BCUT2D eigenvalue weighted by Crippen LogP contribution is 2.34. The summed E-state index contributed by atoms with van der Waals surface area (Å²) < 4.78 is 62.9. The van der Waals surface area contributed by atoms with E-state index >= 15 is 0 Å². The van der Waals surface area contributed by atoms with Gasteiger partial charge in [-0.2, -0.15) is 0 Å². The normalized spacial score (nSPS) is 17.5. The summed E-state index contributed by atoms with van der Waals surface area (Å²) in [6.45, 7) is 5.40. The number of anilines is 1. The Balaban J connectivity index is 1.47. The van der Waals surface area contributed by atoms with Gasteiger partial charge in [0.25, 0.3) is 6.43 Å². The zero-order chi connectivity index (χ0) is 29.5. The van der Waals surface area contributed by atoms with Gasteiger partial charge in [-0.15, -0.1) is 10.2 Å². The molecule has 1 N–H and O–H groups in total. The van der Waals surface area contributed by atoms with Crippen LogP contribution in [0.5, 0.6) is 0 Å². The van der Waals surface area contributed by atoms with Crippen LogP contribution in [0, 0.1) is 0 Å². The Morgan fingerprint density at radius 3 is 2.46 bits per heavy atom. The minimum absolute atomic E-state index is 0.0205. The Bertz CT molecular complexity index is 1520. The van der Waals surface area contributed by atoms with Crippen molar-refractivity contribution in [2.24, 2.45) is 0 Å². The number of carbonyl (C=O) groups is 1. The monoisotopic (exact) mass is 613 g/mol. The third-order valence-electron chi connectivity index (χ3n) is 7.05. The molecule has 224 valence electrons. The molecule has 17 heteroatoms. The third kappa shape index (κ3) is 6.13. The molecule has 0 unspecified atom stereocenters. The lowest BCUT2D eigenvalue weighted by Gasteiger charge is -2.39. The number of halogens is 2. The van der Waals surface area contributed by atoms with Crippen LogP contribution in [0.15, 0.2) is 23.4 Å². The number of pyridine rings is 1. The quantitative estimate of drug-likeness (QED) is 0.383. The lowest BCUT2D eigenvalue weighted by atomic mass is 10.0. The molecule has 13 nitrogen and oxygen atoms in total. The van der Waals surface area contributed by atoms with Gasteiger partial charge >= 0.3 is 6.03 Å². The number of fused-ring (bicyclic) bond motifs is 1. The van der Waals surface area contributed by atoms with E-state index in [0.717, 1.165) is 6.54 Å². The van der Waals surface area contributed by atoms with Crippen LogP contribution in [-0.4, -0.2) is 128 Å². The number of rotatable bonds is 9. The van der Waals surface area contributed by atoms with E-state index < -0.39 is 27.0 Å². The van der Waals surface area contributed by atoms with Gasteiger partial charge in [0, 0.05) is 52.5 Å². The number of likely N-dealkylation sites (N-methyl/N-ethyl adjacent to an activating group) is 2. The minimum Gasteiger partial charge on any atom is -0.377 e. The number of aromatic nitrogens is 4. The molecule has 0 aromatic carbocycles. The Morgan fingerprint density at radius 2 is 1.88 bits per heavy atom. The molecule has 0 atom stereocenters. The Hall–Kier alpha value is -2.99. The standard InChI is InChI=1S/C24H33F2N9O4S2/c1-24(14-39-15-24)30-41(37,38)16-11-17(33-7-9-34(10-8-33)23(36)32(4)6-5-31(2)3)18-12-27-20(35(18)13-16)22-29-28-21(40-22)19(25)26/h11-13,19,30H,5-10,14-15H2,1-4H3. The summed E-state index contributed by atoms with van der Waals surface area (Å²) in [7, 11) is 1.68. The Labute approximate surface area is 240 Å². The van der Waals surface area contributed by atoms with Gasteiger partial charge in [0.05, 0.1) is 36.2 Å². The number of hydrogen-bond acceptors (Lipinski definition) is 10. The number of sulfonamides is 1. The van der Waals surface area contributed by atoms with Crippen molar-refractivity contribution in [3.8, 4) is 10.8 Å². The highest BCUT2D eigenvalue weighted by Gasteiger charge is 2.38. The first-order chi connectivity index (χ1) is 19.4. The number of amides is 2. The molecule has 41 heavy (non-hydrogen) atoms. The second kappa shape index (κ2) is 11.4. The fraction of sp³-hybridized carbons (Fsp3) is 0.583. The summed E-state index contributed by atoms with van der Waals surface area (Å²) in [6.07, 6.45) is 0.190. The molecule has 0 aliphatic carbocycles. The number of nitrogens with zero attached hydrogens (tertiary/aromatic N) is 8. The summed E-state index contributed by atoms with van der Waals surface area (Å²) in [5.74, 6) is 0.206. The van der Waals surface area contributed by atoms with Gasteiger partial charge in [0.15, 0.2) is 15.8 Å². The molecule has 3 aromatic heterocycles. The molecule has 5 heterocycles.